The van der Waals surface area contributed by atoms with Crippen LogP contribution in [-0.4, -0.2) is 7.11 Å². The predicted octanol–water partition coefficient (Wildman–Crippen LogP) is 10.5. The highest BCUT2D eigenvalue weighted by atomic mass is 19.1. The fraction of sp³-hybridized carbons (Fsp3) is 0.618. The maximum absolute atomic E-state index is 15.4. The highest BCUT2D eigenvalue weighted by molar-refractivity contribution is 5.77. The van der Waals surface area contributed by atoms with Gasteiger partial charge >= 0.3 is 0 Å². The summed E-state index contributed by atoms with van der Waals surface area (Å²) in [6.45, 7) is 4.50. The third-order valence-electron chi connectivity index (χ3n) is 8.42. The van der Waals surface area contributed by atoms with E-state index in [1.807, 2.05) is 24.3 Å². The van der Waals surface area contributed by atoms with Gasteiger partial charge in [0.05, 0.1) is 18.7 Å². The van der Waals surface area contributed by atoms with Gasteiger partial charge in [-0.15, -0.1) is 0 Å². The average molecular weight is 506 g/mol. The lowest BCUT2D eigenvalue weighted by Gasteiger charge is -2.29. The highest BCUT2D eigenvalue weighted by Crippen LogP contribution is 2.41. The monoisotopic (exact) mass is 505 g/mol. The Labute approximate surface area is 225 Å². The van der Waals surface area contributed by atoms with Crippen molar-refractivity contribution in [3.8, 4) is 22.9 Å². The number of aryl methyl sites for hydroxylation is 1. The zero-order valence-corrected chi connectivity index (χ0v) is 23.6. The molecule has 3 heteroatoms. The Kier molecular flexibility index (Phi) is 12.5. The molecule has 0 unspecified atom stereocenters. The summed E-state index contributed by atoms with van der Waals surface area (Å²) < 4.78 is 21.0. The van der Waals surface area contributed by atoms with Crippen LogP contribution in [0.2, 0.25) is 0 Å². The summed E-state index contributed by atoms with van der Waals surface area (Å²) >= 11 is 0. The van der Waals surface area contributed by atoms with Gasteiger partial charge in [0.15, 0.2) is 11.6 Å². The largest absolute Gasteiger partial charge is 0.493 e. The molecule has 0 spiro atoms. The SMILES string of the molecule is CCCCCCCCCc1ccc(-c2ccc(C3CCC(CCCCC)CC3)cc2C#N)c(OC)c1F. The first-order valence-corrected chi connectivity index (χ1v) is 15.0. The van der Waals surface area contributed by atoms with E-state index in [1.54, 1.807) is 0 Å². The van der Waals surface area contributed by atoms with Crippen molar-refractivity contribution in [1.82, 2.24) is 0 Å². The van der Waals surface area contributed by atoms with Crippen LogP contribution in [0.3, 0.4) is 0 Å². The van der Waals surface area contributed by atoms with E-state index in [-0.39, 0.29) is 11.6 Å². The van der Waals surface area contributed by atoms with Crippen molar-refractivity contribution in [2.75, 3.05) is 7.11 Å². The lowest BCUT2D eigenvalue weighted by Crippen LogP contribution is -2.13. The van der Waals surface area contributed by atoms with Crippen LogP contribution < -0.4 is 4.74 Å². The molecular formula is C34H48FNO. The number of hydrogen-bond donors (Lipinski definition) is 0. The molecule has 0 heterocycles. The summed E-state index contributed by atoms with van der Waals surface area (Å²) in [5.74, 6) is 1.37. The highest BCUT2D eigenvalue weighted by Gasteiger charge is 2.24. The fourth-order valence-corrected chi connectivity index (χ4v) is 6.08. The van der Waals surface area contributed by atoms with Crippen LogP contribution in [-0.2, 0) is 6.42 Å². The summed E-state index contributed by atoms with van der Waals surface area (Å²) in [4.78, 5) is 0. The van der Waals surface area contributed by atoms with Crippen LogP contribution in [0.1, 0.15) is 133 Å². The Morgan fingerprint density at radius 3 is 2.16 bits per heavy atom. The summed E-state index contributed by atoms with van der Waals surface area (Å²) in [7, 11) is 1.53. The van der Waals surface area contributed by atoms with E-state index in [4.69, 9.17) is 4.74 Å². The Hall–Kier alpha value is -2.34. The maximum Gasteiger partial charge on any atom is 0.168 e. The molecule has 1 aliphatic rings. The van der Waals surface area contributed by atoms with Crippen molar-refractivity contribution < 1.29 is 9.13 Å². The zero-order chi connectivity index (χ0) is 26.5. The molecule has 3 rings (SSSR count). The number of benzene rings is 2. The van der Waals surface area contributed by atoms with Crippen LogP contribution in [0.4, 0.5) is 4.39 Å². The molecule has 37 heavy (non-hydrogen) atoms. The minimum absolute atomic E-state index is 0.261. The van der Waals surface area contributed by atoms with E-state index in [0.717, 1.165) is 30.7 Å². The van der Waals surface area contributed by atoms with Crippen LogP contribution >= 0.6 is 0 Å². The van der Waals surface area contributed by atoms with Crippen molar-refractivity contribution in [2.45, 2.75) is 122 Å². The molecule has 1 saturated carbocycles. The molecule has 0 N–H and O–H groups in total. The summed E-state index contributed by atoms with van der Waals surface area (Å²) in [5.41, 5.74) is 4.01. The molecule has 0 radical (unpaired) electrons. The van der Waals surface area contributed by atoms with Crippen LogP contribution in [0.15, 0.2) is 30.3 Å². The molecule has 0 amide bonds. The Morgan fingerprint density at radius 2 is 1.49 bits per heavy atom. The zero-order valence-electron chi connectivity index (χ0n) is 23.6. The minimum Gasteiger partial charge on any atom is -0.493 e. The second-order valence-corrected chi connectivity index (χ2v) is 11.1. The standard InChI is InChI=1S/C34H48FNO/c1-4-6-8-9-10-11-13-15-28-20-23-32(34(37-3)33(28)35)31-22-21-29(24-30(31)25-36)27-18-16-26(17-19-27)14-12-7-5-2/h20-24,26-27H,4-19H2,1-3H3. The van der Waals surface area contributed by atoms with E-state index in [1.165, 1.54) is 96.1 Å². The van der Waals surface area contributed by atoms with E-state index in [2.05, 4.69) is 26.0 Å². The first kappa shape index (κ1) is 29.2. The van der Waals surface area contributed by atoms with Gasteiger partial charge in [0.2, 0.25) is 0 Å². The molecule has 0 aliphatic heterocycles. The molecule has 2 aromatic carbocycles. The normalized spacial score (nSPS) is 17.5. The molecule has 202 valence electrons. The topological polar surface area (TPSA) is 33.0 Å². The Morgan fingerprint density at radius 1 is 0.838 bits per heavy atom. The smallest absolute Gasteiger partial charge is 0.168 e. The van der Waals surface area contributed by atoms with Crippen LogP contribution in [0.5, 0.6) is 5.75 Å². The van der Waals surface area contributed by atoms with E-state index >= 15 is 4.39 Å². The molecule has 0 saturated heterocycles. The summed E-state index contributed by atoms with van der Waals surface area (Å²) in [6, 6.07) is 12.4. The second-order valence-electron chi connectivity index (χ2n) is 11.1. The van der Waals surface area contributed by atoms with Crippen LogP contribution in [0, 0.1) is 23.1 Å². The van der Waals surface area contributed by atoms with Gasteiger partial charge < -0.3 is 4.74 Å². The third-order valence-corrected chi connectivity index (χ3v) is 8.42. The Bertz CT molecular complexity index is 1000. The number of rotatable bonds is 15. The average Bonchev–Trinajstić information content (AvgIpc) is 2.93. The lowest BCUT2D eigenvalue weighted by atomic mass is 9.76. The van der Waals surface area contributed by atoms with Gasteiger partial charge in [0.25, 0.3) is 0 Å². The van der Waals surface area contributed by atoms with Gasteiger partial charge in [0.1, 0.15) is 0 Å². The van der Waals surface area contributed by atoms with Gasteiger partial charge in [-0.3, -0.25) is 0 Å². The number of unbranched alkanes of at least 4 members (excludes halogenated alkanes) is 8. The van der Waals surface area contributed by atoms with Crippen molar-refractivity contribution >= 4 is 0 Å². The number of halogens is 1. The Balaban J connectivity index is 1.67. The molecule has 2 nitrogen and oxygen atoms in total. The fourth-order valence-electron chi connectivity index (χ4n) is 6.08. The number of nitrogens with zero attached hydrogens (tertiary/aromatic N) is 1. The molecule has 0 bridgehead atoms. The summed E-state index contributed by atoms with van der Waals surface area (Å²) in [6.07, 6.45) is 19.5. The number of hydrogen-bond acceptors (Lipinski definition) is 2. The molecule has 1 fully saturated rings. The lowest BCUT2D eigenvalue weighted by molar-refractivity contribution is 0.303. The van der Waals surface area contributed by atoms with E-state index < -0.39 is 0 Å². The van der Waals surface area contributed by atoms with Crippen LogP contribution in [0.25, 0.3) is 11.1 Å². The van der Waals surface area contributed by atoms with Crippen molar-refractivity contribution in [1.29, 1.82) is 5.26 Å². The summed E-state index contributed by atoms with van der Waals surface area (Å²) in [5, 5.41) is 9.99. The number of methoxy groups -OCH3 is 1. The number of nitriles is 1. The molecule has 0 atom stereocenters. The van der Waals surface area contributed by atoms with Gasteiger partial charge in [0, 0.05) is 11.1 Å². The third kappa shape index (κ3) is 8.33. The molecular weight excluding hydrogens is 457 g/mol. The van der Waals surface area contributed by atoms with E-state index in [9.17, 15) is 5.26 Å². The van der Waals surface area contributed by atoms with Crippen molar-refractivity contribution in [3.63, 3.8) is 0 Å². The number of ether oxygens (including phenoxy) is 1. The van der Waals surface area contributed by atoms with Crippen molar-refractivity contribution in [3.05, 3.63) is 52.8 Å². The molecule has 1 aliphatic carbocycles. The molecule has 0 aromatic heterocycles. The van der Waals surface area contributed by atoms with Gasteiger partial charge in [-0.2, -0.15) is 5.26 Å². The first-order chi connectivity index (χ1) is 18.1. The predicted molar refractivity (Wildman–Crippen MR) is 154 cm³/mol. The minimum atomic E-state index is -0.277. The van der Waals surface area contributed by atoms with E-state index in [0.29, 0.717) is 22.6 Å². The van der Waals surface area contributed by atoms with Gasteiger partial charge in [-0.1, -0.05) is 102 Å². The van der Waals surface area contributed by atoms with Gasteiger partial charge in [-0.25, -0.2) is 4.39 Å². The second kappa shape index (κ2) is 15.8. The molecule has 2 aromatic rings. The van der Waals surface area contributed by atoms with Gasteiger partial charge in [-0.05, 0) is 67.6 Å². The quantitative estimate of drug-likeness (QED) is 0.225. The van der Waals surface area contributed by atoms with Crippen molar-refractivity contribution in [2.24, 2.45) is 5.92 Å². The maximum atomic E-state index is 15.4. The first-order valence-electron chi connectivity index (χ1n) is 15.0.